The Hall–Kier alpha value is -2.31. The van der Waals surface area contributed by atoms with E-state index in [1.54, 1.807) is 18.4 Å². The van der Waals surface area contributed by atoms with Crippen LogP contribution in [0.4, 0.5) is 5.69 Å². The van der Waals surface area contributed by atoms with E-state index in [-0.39, 0.29) is 0 Å². The van der Waals surface area contributed by atoms with Crippen LogP contribution in [0.5, 0.6) is 5.75 Å². The van der Waals surface area contributed by atoms with E-state index in [2.05, 4.69) is 50.7 Å². The van der Waals surface area contributed by atoms with Crippen LogP contribution in [0, 0.1) is 0 Å². The van der Waals surface area contributed by atoms with Gasteiger partial charge in [-0.25, -0.2) is 0 Å². The summed E-state index contributed by atoms with van der Waals surface area (Å²) in [5.74, 6) is 0.960. The van der Waals surface area contributed by atoms with E-state index < -0.39 is 0 Å². The molecule has 1 aliphatic rings. The summed E-state index contributed by atoms with van der Waals surface area (Å²) in [6.07, 6.45) is 3.20. The second kappa shape index (κ2) is 8.15. The minimum absolute atomic E-state index is 0.960. The molecule has 0 saturated carbocycles. The van der Waals surface area contributed by atoms with Crippen molar-refractivity contribution < 1.29 is 4.74 Å². The number of para-hydroxylation sites is 2. The van der Waals surface area contributed by atoms with Gasteiger partial charge in [0.2, 0.25) is 0 Å². The third-order valence-corrected chi connectivity index (χ3v) is 6.03. The highest BCUT2D eigenvalue weighted by Crippen LogP contribution is 2.29. The van der Waals surface area contributed by atoms with Gasteiger partial charge in [0.25, 0.3) is 0 Å². The minimum atomic E-state index is 0.960. The number of anilines is 1. The van der Waals surface area contributed by atoms with Crippen molar-refractivity contribution in [3.05, 3.63) is 53.5 Å². The number of hydrogen-bond acceptors (Lipinski definition) is 5. The molecule has 0 N–H and O–H groups in total. The van der Waals surface area contributed by atoms with Crippen LogP contribution in [0.15, 0.2) is 48.0 Å². The molecule has 6 heteroatoms. The maximum atomic E-state index is 5.52. The molecular weight excluding hydrogens is 356 g/mol. The molecule has 0 amide bonds. The number of ether oxygens (including phenoxy) is 1. The third-order valence-electron chi connectivity index (χ3n) is 5.15. The third kappa shape index (κ3) is 4.01. The molecule has 0 unspecified atom stereocenters. The Morgan fingerprint density at radius 1 is 1.07 bits per heavy atom. The zero-order chi connectivity index (χ0) is 18.6. The number of benzene rings is 1. The molecule has 1 saturated heterocycles. The Morgan fingerprint density at radius 2 is 1.89 bits per heavy atom. The SMILES string of the molecule is COc1ccccc1N1CCN(CCc2cn(C)nc2-c2cccs2)CC1. The number of aryl methyl sites for hydroxylation is 1. The molecule has 0 spiro atoms. The number of hydrogen-bond donors (Lipinski definition) is 0. The lowest BCUT2D eigenvalue weighted by Gasteiger charge is -2.36. The summed E-state index contributed by atoms with van der Waals surface area (Å²) in [4.78, 5) is 6.24. The summed E-state index contributed by atoms with van der Waals surface area (Å²) in [7, 11) is 3.75. The molecule has 4 rings (SSSR count). The zero-order valence-electron chi connectivity index (χ0n) is 16.0. The van der Waals surface area contributed by atoms with E-state index in [0.717, 1.165) is 50.6 Å². The number of methoxy groups -OCH3 is 1. The van der Waals surface area contributed by atoms with E-state index >= 15 is 0 Å². The van der Waals surface area contributed by atoms with Gasteiger partial charge in [-0.2, -0.15) is 5.10 Å². The number of piperazine rings is 1. The van der Waals surface area contributed by atoms with Crippen molar-refractivity contribution >= 4 is 17.0 Å². The van der Waals surface area contributed by atoms with Crippen LogP contribution in [0.2, 0.25) is 0 Å². The minimum Gasteiger partial charge on any atom is -0.495 e. The predicted molar refractivity (Wildman–Crippen MR) is 112 cm³/mol. The van der Waals surface area contributed by atoms with Crippen molar-refractivity contribution in [1.29, 1.82) is 0 Å². The largest absolute Gasteiger partial charge is 0.495 e. The van der Waals surface area contributed by atoms with Gasteiger partial charge in [-0.1, -0.05) is 18.2 Å². The maximum Gasteiger partial charge on any atom is 0.142 e. The number of thiophene rings is 1. The summed E-state index contributed by atoms with van der Waals surface area (Å²) in [6, 6.07) is 12.5. The monoisotopic (exact) mass is 382 g/mol. The van der Waals surface area contributed by atoms with Crippen LogP contribution in [0.1, 0.15) is 5.56 Å². The van der Waals surface area contributed by atoms with E-state index in [1.165, 1.54) is 16.1 Å². The van der Waals surface area contributed by atoms with E-state index in [0.29, 0.717) is 0 Å². The Labute approximate surface area is 164 Å². The smallest absolute Gasteiger partial charge is 0.142 e. The molecule has 5 nitrogen and oxygen atoms in total. The molecular formula is C21H26N4OS. The van der Waals surface area contributed by atoms with E-state index in [9.17, 15) is 0 Å². The summed E-state index contributed by atoms with van der Waals surface area (Å²) >= 11 is 1.76. The highest BCUT2D eigenvalue weighted by Gasteiger charge is 2.20. The summed E-state index contributed by atoms with van der Waals surface area (Å²) in [6.45, 7) is 5.29. The van der Waals surface area contributed by atoms with E-state index in [1.807, 2.05) is 23.9 Å². The first-order valence-electron chi connectivity index (χ1n) is 9.41. The highest BCUT2D eigenvalue weighted by molar-refractivity contribution is 7.13. The Kier molecular flexibility index (Phi) is 5.45. The second-order valence-corrected chi connectivity index (χ2v) is 7.85. The first-order chi connectivity index (χ1) is 13.2. The number of rotatable bonds is 6. The molecule has 142 valence electrons. The molecule has 0 radical (unpaired) electrons. The average molecular weight is 383 g/mol. The quantitative estimate of drug-likeness (QED) is 0.653. The molecule has 0 aliphatic carbocycles. The Bertz CT molecular complexity index is 866. The lowest BCUT2D eigenvalue weighted by molar-refractivity contribution is 0.260. The fraction of sp³-hybridized carbons (Fsp3) is 0.381. The zero-order valence-corrected chi connectivity index (χ0v) is 16.8. The first-order valence-corrected chi connectivity index (χ1v) is 10.3. The fourth-order valence-electron chi connectivity index (χ4n) is 3.72. The average Bonchev–Trinajstić information content (AvgIpc) is 3.36. The molecule has 3 aromatic rings. The van der Waals surface area contributed by atoms with Gasteiger partial charge in [-0.3, -0.25) is 9.58 Å². The molecule has 0 atom stereocenters. The van der Waals surface area contributed by atoms with Gasteiger partial charge in [0.05, 0.1) is 17.7 Å². The van der Waals surface area contributed by atoms with Crippen molar-refractivity contribution in [2.24, 2.45) is 7.05 Å². The van der Waals surface area contributed by atoms with Crippen LogP contribution >= 0.6 is 11.3 Å². The normalized spacial score (nSPS) is 15.3. The standard InChI is InChI=1S/C21H26N4OS/c1-23-16-17(21(22-23)20-8-5-15-27-20)9-10-24-11-13-25(14-12-24)18-6-3-4-7-19(18)26-2/h3-8,15-16H,9-14H2,1-2H3. The Balaban J connectivity index is 1.35. The van der Waals surface area contributed by atoms with Crippen LogP contribution < -0.4 is 9.64 Å². The molecule has 1 fully saturated rings. The lowest BCUT2D eigenvalue weighted by Crippen LogP contribution is -2.47. The van der Waals surface area contributed by atoms with Crippen LogP contribution in [-0.2, 0) is 13.5 Å². The van der Waals surface area contributed by atoms with Crippen LogP contribution in [0.25, 0.3) is 10.6 Å². The van der Waals surface area contributed by atoms with Gasteiger partial charge in [0, 0.05) is 51.5 Å². The second-order valence-electron chi connectivity index (χ2n) is 6.90. The van der Waals surface area contributed by atoms with Crippen molar-refractivity contribution in [2.45, 2.75) is 6.42 Å². The fourth-order valence-corrected chi connectivity index (χ4v) is 4.47. The highest BCUT2D eigenvalue weighted by atomic mass is 32.1. The Morgan fingerprint density at radius 3 is 2.63 bits per heavy atom. The van der Waals surface area contributed by atoms with Crippen molar-refractivity contribution in [3.8, 4) is 16.3 Å². The number of nitrogens with zero attached hydrogens (tertiary/aromatic N) is 4. The molecule has 2 aromatic heterocycles. The summed E-state index contributed by atoms with van der Waals surface area (Å²) in [5, 5.41) is 6.79. The molecule has 27 heavy (non-hydrogen) atoms. The van der Waals surface area contributed by atoms with Crippen LogP contribution in [0.3, 0.4) is 0 Å². The summed E-state index contributed by atoms with van der Waals surface area (Å²) < 4.78 is 7.45. The van der Waals surface area contributed by atoms with Gasteiger partial charge >= 0.3 is 0 Å². The summed E-state index contributed by atoms with van der Waals surface area (Å²) in [5.41, 5.74) is 3.68. The molecule has 1 aliphatic heterocycles. The predicted octanol–water partition coefficient (Wildman–Crippen LogP) is 3.52. The molecule has 1 aromatic carbocycles. The van der Waals surface area contributed by atoms with E-state index in [4.69, 9.17) is 4.74 Å². The van der Waals surface area contributed by atoms with Gasteiger partial charge < -0.3 is 9.64 Å². The van der Waals surface area contributed by atoms with Crippen molar-refractivity contribution in [2.75, 3.05) is 44.7 Å². The maximum absolute atomic E-state index is 5.52. The van der Waals surface area contributed by atoms with Gasteiger partial charge in [-0.05, 0) is 30.0 Å². The lowest BCUT2D eigenvalue weighted by atomic mass is 10.1. The van der Waals surface area contributed by atoms with Gasteiger partial charge in [0.15, 0.2) is 0 Å². The number of aromatic nitrogens is 2. The van der Waals surface area contributed by atoms with Crippen molar-refractivity contribution in [3.63, 3.8) is 0 Å². The van der Waals surface area contributed by atoms with Crippen LogP contribution in [-0.4, -0.2) is 54.5 Å². The first kappa shape index (κ1) is 18.1. The van der Waals surface area contributed by atoms with Crippen molar-refractivity contribution in [1.82, 2.24) is 14.7 Å². The molecule has 3 heterocycles. The van der Waals surface area contributed by atoms with Gasteiger partial charge in [0.1, 0.15) is 11.4 Å². The van der Waals surface area contributed by atoms with Gasteiger partial charge in [-0.15, -0.1) is 11.3 Å². The molecule has 0 bridgehead atoms. The topological polar surface area (TPSA) is 33.5 Å².